The molecule has 0 amide bonds. The molecule has 3 aromatic heterocycles. The van der Waals surface area contributed by atoms with Gasteiger partial charge >= 0.3 is 0 Å². The summed E-state index contributed by atoms with van der Waals surface area (Å²) in [5.74, 6) is 0.455. The van der Waals surface area contributed by atoms with Crippen LogP contribution in [0.25, 0.3) is 33.4 Å². The van der Waals surface area contributed by atoms with E-state index in [1.807, 2.05) is 74.5 Å². The zero-order chi connectivity index (χ0) is 20.5. The molecule has 0 bridgehead atoms. The van der Waals surface area contributed by atoms with Crippen molar-refractivity contribution < 1.29 is 0 Å². The van der Waals surface area contributed by atoms with E-state index < -0.39 is 0 Å². The van der Waals surface area contributed by atoms with Gasteiger partial charge in [-0.1, -0.05) is 60.7 Å². The molecular formula is C22H18N8. The van der Waals surface area contributed by atoms with Crippen LogP contribution in [0.5, 0.6) is 0 Å². The minimum absolute atomic E-state index is 0.455. The molecule has 0 saturated heterocycles. The summed E-state index contributed by atoms with van der Waals surface area (Å²) >= 11 is 0. The van der Waals surface area contributed by atoms with Gasteiger partial charge in [0.25, 0.3) is 0 Å². The Hall–Kier alpha value is -4.20. The van der Waals surface area contributed by atoms with Crippen molar-refractivity contribution in [2.75, 3.05) is 0 Å². The SMILES string of the molecule is Cc1n[nH]c(C)c1N=Nc1n[nH]c2nnc(-c3ccccc3)c(-c3ccccc3)c12. The van der Waals surface area contributed by atoms with Crippen LogP contribution in [-0.2, 0) is 0 Å². The summed E-state index contributed by atoms with van der Waals surface area (Å²) in [6.07, 6.45) is 0. The molecule has 2 N–H and O–H groups in total. The molecule has 3 heterocycles. The highest BCUT2D eigenvalue weighted by Crippen LogP contribution is 2.39. The van der Waals surface area contributed by atoms with E-state index in [9.17, 15) is 0 Å². The third kappa shape index (κ3) is 3.04. The van der Waals surface area contributed by atoms with Crippen molar-refractivity contribution in [1.29, 1.82) is 0 Å². The van der Waals surface area contributed by atoms with Gasteiger partial charge in [0.15, 0.2) is 5.65 Å². The number of benzene rings is 2. The van der Waals surface area contributed by atoms with Crippen LogP contribution in [0.1, 0.15) is 11.4 Å². The smallest absolute Gasteiger partial charge is 0.205 e. The molecule has 5 rings (SSSR count). The molecular weight excluding hydrogens is 376 g/mol. The fraction of sp³-hybridized carbons (Fsp3) is 0.0909. The van der Waals surface area contributed by atoms with E-state index in [0.29, 0.717) is 17.2 Å². The maximum atomic E-state index is 4.50. The topological polar surface area (TPSA) is 108 Å². The second-order valence-electron chi connectivity index (χ2n) is 6.91. The van der Waals surface area contributed by atoms with E-state index in [-0.39, 0.29) is 0 Å². The zero-order valence-corrected chi connectivity index (χ0v) is 16.5. The third-order valence-corrected chi connectivity index (χ3v) is 4.91. The number of rotatable bonds is 4. The van der Waals surface area contributed by atoms with Crippen molar-refractivity contribution in [3.8, 4) is 22.4 Å². The van der Waals surface area contributed by atoms with E-state index in [4.69, 9.17) is 0 Å². The summed E-state index contributed by atoms with van der Waals surface area (Å²) in [4.78, 5) is 0. The predicted octanol–water partition coefficient (Wildman–Crippen LogP) is 5.44. The summed E-state index contributed by atoms with van der Waals surface area (Å²) in [6.45, 7) is 3.79. The Kier molecular flexibility index (Phi) is 4.36. The number of azo groups is 1. The Bertz CT molecular complexity index is 1330. The van der Waals surface area contributed by atoms with E-state index >= 15 is 0 Å². The van der Waals surface area contributed by atoms with Crippen LogP contribution in [0, 0.1) is 13.8 Å². The number of H-pyrrole nitrogens is 2. The monoisotopic (exact) mass is 394 g/mol. The fourth-order valence-electron chi connectivity index (χ4n) is 3.44. The van der Waals surface area contributed by atoms with E-state index in [1.165, 1.54) is 0 Å². The lowest BCUT2D eigenvalue weighted by Gasteiger charge is -2.10. The van der Waals surface area contributed by atoms with Crippen LogP contribution in [0.3, 0.4) is 0 Å². The fourth-order valence-corrected chi connectivity index (χ4v) is 3.44. The normalized spacial score (nSPS) is 11.5. The summed E-state index contributed by atoms with van der Waals surface area (Å²) in [5.41, 5.74) is 6.55. The zero-order valence-electron chi connectivity index (χ0n) is 16.5. The number of fused-ring (bicyclic) bond motifs is 1. The second-order valence-corrected chi connectivity index (χ2v) is 6.91. The highest BCUT2D eigenvalue weighted by Gasteiger charge is 2.20. The Morgan fingerprint density at radius 1 is 0.733 bits per heavy atom. The van der Waals surface area contributed by atoms with Crippen molar-refractivity contribution >= 4 is 22.5 Å². The minimum Gasteiger partial charge on any atom is -0.280 e. The van der Waals surface area contributed by atoms with Gasteiger partial charge in [0, 0.05) is 11.1 Å². The summed E-state index contributed by atoms with van der Waals surface area (Å²) in [6, 6.07) is 20.0. The van der Waals surface area contributed by atoms with Crippen LogP contribution in [0.15, 0.2) is 70.9 Å². The lowest BCUT2D eigenvalue weighted by Crippen LogP contribution is -1.94. The lowest BCUT2D eigenvalue weighted by molar-refractivity contribution is 1.02. The number of nitrogens with zero attached hydrogens (tertiary/aromatic N) is 6. The van der Waals surface area contributed by atoms with E-state index in [0.717, 1.165) is 39.2 Å². The number of aryl methyl sites for hydroxylation is 2. The molecule has 0 aliphatic carbocycles. The first-order valence-electron chi connectivity index (χ1n) is 9.51. The van der Waals surface area contributed by atoms with Crippen molar-refractivity contribution in [3.63, 3.8) is 0 Å². The van der Waals surface area contributed by atoms with Crippen molar-refractivity contribution in [3.05, 3.63) is 72.1 Å². The molecule has 8 heteroatoms. The van der Waals surface area contributed by atoms with Crippen LogP contribution < -0.4 is 0 Å². The molecule has 30 heavy (non-hydrogen) atoms. The average molecular weight is 394 g/mol. The van der Waals surface area contributed by atoms with Crippen LogP contribution >= 0.6 is 0 Å². The summed E-state index contributed by atoms with van der Waals surface area (Å²) in [5, 5.41) is 32.8. The summed E-state index contributed by atoms with van der Waals surface area (Å²) < 4.78 is 0. The number of aromatic nitrogens is 6. The van der Waals surface area contributed by atoms with Crippen molar-refractivity contribution in [2.45, 2.75) is 13.8 Å². The van der Waals surface area contributed by atoms with E-state index in [2.05, 4.69) is 40.8 Å². The number of hydrogen-bond acceptors (Lipinski definition) is 6. The molecule has 0 radical (unpaired) electrons. The highest BCUT2D eigenvalue weighted by atomic mass is 15.3. The molecule has 5 aromatic rings. The largest absolute Gasteiger partial charge is 0.280 e. The average Bonchev–Trinajstić information content (AvgIpc) is 3.35. The molecule has 0 fully saturated rings. The maximum absolute atomic E-state index is 4.50. The third-order valence-electron chi connectivity index (χ3n) is 4.91. The van der Waals surface area contributed by atoms with Crippen molar-refractivity contribution in [1.82, 2.24) is 30.6 Å². The number of hydrogen-bond donors (Lipinski definition) is 2. The standard InChI is InChI=1S/C22H18N8/c1-13-19(14(2)24-23-13)25-27-21-18-17(15-9-5-3-6-10-15)20(16-11-7-4-8-12-16)26-28-22(18)30-29-21/h3-12H,1-2H3,(H,23,24)(H,28,29,30). The first-order valence-corrected chi connectivity index (χ1v) is 9.51. The molecule has 0 unspecified atom stereocenters. The van der Waals surface area contributed by atoms with Crippen LogP contribution in [-0.4, -0.2) is 30.6 Å². The molecule has 2 aromatic carbocycles. The molecule has 146 valence electrons. The van der Waals surface area contributed by atoms with Gasteiger partial charge in [-0.25, -0.2) is 0 Å². The first kappa shape index (κ1) is 17.9. The Morgan fingerprint density at radius 2 is 1.43 bits per heavy atom. The van der Waals surface area contributed by atoms with Gasteiger partial charge < -0.3 is 0 Å². The van der Waals surface area contributed by atoms with Gasteiger partial charge in [0.05, 0.1) is 16.8 Å². The molecule has 0 aliphatic heterocycles. The van der Waals surface area contributed by atoms with Crippen LogP contribution in [0.2, 0.25) is 0 Å². The molecule has 0 spiro atoms. The summed E-state index contributed by atoms with van der Waals surface area (Å²) in [7, 11) is 0. The van der Waals surface area contributed by atoms with Crippen molar-refractivity contribution in [2.24, 2.45) is 10.2 Å². The molecule has 0 atom stereocenters. The maximum Gasteiger partial charge on any atom is 0.205 e. The Balaban J connectivity index is 1.76. The Morgan fingerprint density at radius 3 is 2.10 bits per heavy atom. The second kappa shape index (κ2) is 7.32. The van der Waals surface area contributed by atoms with Gasteiger partial charge in [-0.2, -0.15) is 10.2 Å². The molecule has 0 aliphatic rings. The van der Waals surface area contributed by atoms with E-state index in [1.54, 1.807) is 0 Å². The Labute approximate surface area is 172 Å². The molecule has 8 nitrogen and oxygen atoms in total. The van der Waals surface area contributed by atoms with Gasteiger partial charge in [-0.15, -0.1) is 20.4 Å². The van der Waals surface area contributed by atoms with Gasteiger partial charge in [0.1, 0.15) is 11.4 Å². The van der Waals surface area contributed by atoms with Gasteiger partial charge in [-0.3, -0.25) is 10.2 Å². The van der Waals surface area contributed by atoms with Gasteiger partial charge in [-0.05, 0) is 19.4 Å². The van der Waals surface area contributed by atoms with Crippen LogP contribution in [0.4, 0.5) is 11.5 Å². The minimum atomic E-state index is 0.455. The number of nitrogens with one attached hydrogen (secondary N) is 2. The lowest BCUT2D eigenvalue weighted by atomic mass is 9.97. The highest BCUT2D eigenvalue weighted by molar-refractivity contribution is 6.04. The number of aromatic amines is 2. The first-order chi connectivity index (χ1) is 14.7. The predicted molar refractivity (Wildman–Crippen MR) is 115 cm³/mol. The van der Waals surface area contributed by atoms with Gasteiger partial charge in [0.2, 0.25) is 5.82 Å². The molecule has 0 saturated carbocycles. The quantitative estimate of drug-likeness (QED) is 0.395.